The number of aryl methyl sites for hydroxylation is 1. The SMILES string of the molecule is C=CC(C=C)OC(=O)CCCCCCCCCCOc1cc2c(s1)-c1sc(C)cc1C2. The van der Waals surface area contributed by atoms with Crippen molar-refractivity contribution in [3.63, 3.8) is 0 Å². The van der Waals surface area contributed by atoms with Gasteiger partial charge in [-0.05, 0) is 55.2 Å². The number of rotatable bonds is 15. The lowest BCUT2D eigenvalue weighted by Gasteiger charge is -2.09. The highest BCUT2D eigenvalue weighted by Gasteiger charge is 2.24. The monoisotopic (exact) mass is 458 g/mol. The van der Waals surface area contributed by atoms with Crippen LogP contribution in [0, 0.1) is 6.92 Å². The fourth-order valence-electron chi connectivity index (χ4n) is 3.90. The van der Waals surface area contributed by atoms with Gasteiger partial charge in [0.2, 0.25) is 0 Å². The zero-order valence-corrected chi connectivity index (χ0v) is 20.3. The molecule has 31 heavy (non-hydrogen) atoms. The van der Waals surface area contributed by atoms with Gasteiger partial charge in [0.1, 0.15) is 6.10 Å². The Bertz CT molecular complexity index is 869. The van der Waals surface area contributed by atoms with E-state index in [-0.39, 0.29) is 12.1 Å². The van der Waals surface area contributed by atoms with Gasteiger partial charge in [-0.2, -0.15) is 0 Å². The van der Waals surface area contributed by atoms with Gasteiger partial charge in [0.15, 0.2) is 5.06 Å². The van der Waals surface area contributed by atoms with Crippen molar-refractivity contribution >= 4 is 28.6 Å². The molecule has 0 bridgehead atoms. The Morgan fingerprint density at radius 3 is 2.29 bits per heavy atom. The van der Waals surface area contributed by atoms with E-state index < -0.39 is 0 Å². The normalized spacial score (nSPS) is 11.9. The molecule has 0 fully saturated rings. The molecule has 0 atom stereocenters. The Kier molecular flexibility index (Phi) is 9.41. The van der Waals surface area contributed by atoms with Gasteiger partial charge in [-0.25, -0.2) is 0 Å². The first-order valence-electron chi connectivity index (χ1n) is 11.4. The van der Waals surface area contributed by atoms with Crippen LogP contribution in [0.5, 0.6) is 5.06 Å². The van der Waals surface area contributed by atoms with E-state index in [4.69, 9.17) is 9.47 Å². The van der Waals surface area contributed by atoms with E-state index in [1.165, 1.54) is 57.9 Å². The smallest absolute Gasteiger partial charge is 0.306 e. The zero-order valence-electron chi connectivity index (χ0n) is 18.6. The maximum atomic E-state index is 11.7. The topological polar surface area (TPSA) is 35.5 Å². The minimum absolute atomic E-state index is 0.160. The molecule has 5 heteroatoms. The summed E-state index contributed by atoms with van der Waals surface area (Å²) in [6.07, 6.45) is 13.6. The highest BCUT2D eigenvalue weighted by atomic mass is 32.1. The summed E-state index contributed by atoms with van der Waals surface area (Å²) < 4.78 is 11.2. The summed E-state index contributed by atoms with van der Waals surface area (Å²) in [4.78, 5) is 16.0. The molecule has 0 aliphatic heterocycles. The Balaban J connectivity index is 1.17. The summed E-state index contributed by atoms with van der Waals surface area (Å²) in [6, 6.07) is 4.57. The van der Waals surface area contributed by atoms with Gasteiger partial charge in [0, 0.05) is 22.6 Å². The third kappa shape index (κ3) is 7.08. The number of carbonyl (C=O) groups is 1. The van der Waals surface area contributed by atoms with Gasteiger partial charge in [-0.15, -0.1) is 11.3 Å². The Hall–Kier alpha value is -1.85. The molecule has 0 unspecified atom stereocenters. The van der Waals surface area contributed by atoms with Crippen LogP contribution in [0.15, 0.2) is 37.4 Å². The van der Waals surface area contributed by atoms with Crippen LogP contribution in [0.2, 0.25) is 0 Å². The van der Waals surface area contributed by atoms with Crippen LogP contribution in [0.25, 0.3) is 9.75 Å². The van der Waals surface area contributed by atoms with Crippen LogP contribution in [0.1, 0.15) is 73.8 Å². The van der Waals surface area contributed by atoms with Crippen LogP contribution in [0.3, 0.4) is 0 Å². The molecule has 0 aromatic carbocycles. The highest BCUT2D eigenvalue weighted by molar-refractivity contribution is 7.23. The van der Waals surface area contributed by atoms with Crippen LogP contribution in [-0.2, 0) is 16.0 Å². The zero-order chi connectivity index (χ0) is 22.1. The number of carbonyl (C=O) groups excluding carboxylic acids is 1. The molecule has 2 heterocycles. The third-order valence-electron chi connectivity index (χ3n) is 5.56. The Morgan fingerprint density at radius 1 is 0.968 bits per heavy atom. The van der Waals surface area contributed by atoms with Crippen molar-refractivity contribution in [3.8, 4) is 14.8 Å². The molecule has 3 nitrogen and oxygen atoms in total. The second-order valence-corrected chi connectivity index (χ2v) is 10.4. The number of thiophene rings is 2. The van der Waals surface area contributed by atoms with Crippen LogP contribution in [0.4, 0.5) is 0 Å². The van der Waals surface area contributed by atoms with Crippen molar-refractivity contribution < 1.29 is 14.3 Å². The van der Waals surface area contributed by atoms with Crippen molar-refractivity contribution in [2.75, 3.05) is 6.61 Å². The van der Waals surface area contributed by atoms with Crippen molar-refractivity contribution in [2.45, 2.75) is 77.2 Å². The average Bonchev–Trinajstić information content (AvgIpc) is 3.40. The van der Waals surface area contributed by atoms with E-state index in [2.05, 4.69) is 32.2 Å². The molecule has 2 aromatic rings. The van der Waals surface area contributed by atoms with Crippen LogP contribution >= 0.6 is 22.7 Å². The van der Waals surface area contributed by atoms with Crippen molar-refractivity contribution in [1.82, 2.24) is 0 Å². The first-order chi connectivity index (χ1) is 15.1. The number of unbranched alkanes of at least 4 members (excludes halogenated alkanes) is 7. The maximum absolute atomic E-state index is 11.7. The van der Waals surface area contributed by atoms with Crippen molar-refractivity contribution in [2.24, 2.45) is 0 Å². The summed E-state index contributed by atoms with van der Waals surface area (Å²) in [5, 5.41) is 1.08. The molecule has 0 saturated heterocycles. The van der Waals surface area contributed by atoms with Crippen LogP contribution in [-0.4, -0.2) is 18.7 Å². The highest BCUT2D eigenvalue weighted by Crippen LogP contribution is 2.48. The molecule has 3 rings (SSSR count). The second-order valence-electron chi connectivity index (χ2n) is 8.16. The lowest BCUT2D eigenvalue weighted by molar-refractivity contribution is -0.145. The number of esters is 1. The van der Waals surface area contributed by atoms with E-state index in [0.29, 0.717) is 6.42 Å². The predicted octanol–water partition coefficient (Wildman–Crippen LogP) is 7.86. The summed E-state index contributed by atoms with van der Waals surface area (Å²) >= 11 is 3.72. The Morgan fingerprint density at radius 2 is 1.58 bits per heavy atom. The molecule has 168 valence electrons. The summed E-state index contributed by atoms with van der Waals surface area (Å²) in [7, 11) is 0. The second kappa shape index (κ2) is 12.3. The molecule has 2 aromatic heterocycles. The standard InChI is InChI=1S/C26H34O3S2/c1-4-22(5-2)29-23(27)14-12-10-8-6-7-9-11-13-15-28-24-18-21-17-20-16-19(3)30-25(20)26(21)31-24/h4-5,16,18,22H,1-2,6-15,17H2,3H3. The number of hydrogen-bond acceptors (Lipinski definition) is 5. The Labute approximate surface area is 194 Å². The van der Waals surface area contributed by atoms with Crippen molar-refractivity contribution in [3.05, 3.63) is 53.4 Å². The fourth-order valence-corrected chi connectivity index (χ4v) is 6.19. The molecule has 1 aliphatic rings. The number of ether oxygens (including phenoxy) is 2. The van der Waals surface area contributed by atoms with Gasteiger partial charge >= 0.3 is 5.97 Å². The van der Waals surface area contributed by atoms with Gasteiger partial charge < -0.3 is 9.47 Å². The molecule has 0 spiro atoms. The summed E-state index contributed by atoms with van der Waals surface area (Å²) in [5.41, 5.74) is 2.93. The van der Waals surface area contributed by atoms with E-state index in [1.807, 2.05) is 22.7 Å². The lowest BCUT2D eigenvalue weighted by atomic mass is 10.1. The molecule has 0 saturated carbocycles. The molecular weight excluding hydrogens is 424 g/mol. The first kappa shape index (κ1) is 23.8. The quantitative estimate of drug-likeness (QED) is 0.132. The summed E-state index contributed by atoms with van der Waals surface area (Å²) in [6.45, 7) is 10.2. The minimum Gasteiger partial charge on any atom is -0.484 e. The number of fused-ring (bicyclic) bond motifs is 3. The molecule has 0 N–H and O–H groups in total. The largest absolute Gasteiger partial charge is 0.484 e. The molecule has 1 aliphatic carbocycles. The van der Waals surface area contributed by atoms with Crippen molar-refractivity contribution in [1.29, 1.82) is 0 Å². The van der Waals surface area contributed by atoms with Gasteiger partial charge in [-0.3, -0.25) is 4.79 Å². The van der Waals surface area contributed by atoms with Gasteiger partial charge in [-0.1, -0.05) is 63.0 Å². The lowest BCUT2D eigenvalue weighted by Crippen LogP contribution is -2.12. The predicted molar refractivity (Wildman–Crippen MR) is 132 cm³/mol. The van der Waals surface area contributed by atoms with E-state index in [0.717, 1.165) is 37.4 Å². The summed E-state index contributed by atoms with van der Waals surface area (Å²) in [5.74, 6) is -0.160. The maximum Gasteiger partial charge on any atom is 0.306 e. The van der Waals surface area contributed by atoms with Gasteiger partial charge in [0.05, 0.1) is 11.5 Å². The fraction of sp³-hybridized carbons (Fsp3) is 0.500. The minimum atomic E-state index is -0.365. The molecule has 0 amide bonds. The molecule has 0 radical (unpaired) electrons. The van der Waals surface area contributed by atoms with E-state index in [1.54, 1.807) is 12.2 Å². The average molecular weight is 459 g/mol. The molecular formula is C26H34O3S2. The first-order valence-corrected chi connectivity index (χ1v) is 13.0. The van der Waals surface area contributed by atoms with E-state index >= 15 is 0 Å². The van der Waals surface area contributed by atoms with Crippen LogP contribution < -0.4 is 4.74 Å². The number of hydrogen-bond donors (Lipinski definition) is 0. The van der Waals surface area contributed by atoms with E-state index in [9.17, 15) is 4.79 Å². The third-order valence-corrected chi connectivity index (χ3v) is 7.90. The van der Waals surface area contributed by atoms with Gasteiger partial charge in [0.25, 0.3) is 0 Å².